The minimum atomic E-state index is -0.479. The predicted molar refractivity (Wildman–Crippen MR) is 204 cm³/mol. The van der Waals surface area contributed by atoms with Crippen LogP contribution in [0.2, 0.25) is 0 Å². The van der Waals surface area contributed by atoms with Gasteiger partial charge in [-0.2, -0.15) is 0 Å². The van der Waals surface area contributed by atoms with Crippen LogP contribution in [0.15, 0.2) is 181 Å². The summed E-state index contributed by atoms with van der Waals surface area (Å²) in [6.45, 7) is 0. The van der Waals surface area contributed by atoms with Gasteiger partial charge in [0.05, 0.1) is 28.8 Å². The van der Waals surface area contributed by atoms with Gasteiger partial charge in [0.15, 0.2) is 0 Å². The predicted octanol–water partition coefficient (Wildman–Crippen LogP) is 10.3. The standard InChI is InChI=1S/C45H38N4/c46-43(34-19-7-2-8-20-34)44(47-32-33-17-5-1-6-18-33)35-21-15-26-38(31-35)49-40-28-14-13-27-39(40)42-41(49)29-16-30-45(42,36-22-9-3-10-23-36)48-37-24-11-4-12-25-37/h1-29,31-32,43-44,48H,30,46H2/t43?,44-,45?/m1/s1. The maximum atomic E-state index is 7.04. The maximum absolute atomic E-state index is 7.04. The molecule has 6 aromatic carbocycles. The fraction of sp³-hybridized carbons (Fsp3) is 0.0889. The van der Waals surface area contributed by atoms with Crippen LogP contribution in [0.3, 0.4) is 0 Å². The first-order chi connectivity index (χ1) is 24.2. The number of nitrogens with zero attached hydrogens (tertiary/aromatic N) is 2. The van der Waals surface area contributed by atoms with E-state index in [1.54, 1.807) is 0 Å². The Morgan fingerprint density at radius 3 is 2.06 bits per heavy atom. The molecule has 1 aliphatic rings. The molecular weight excluding hydrogens is 597 g/mol. The Morgan fingerprint density at radius 2 is 1.31 bits per heavy atom. The van der Waals surface area contributed by atoms with Gasteiger partial charge in [-0.1, -0.05) is 146 Å². The number of nitrogens with one attached hydrogen (secondary N) is 1. The van der Waals surface area contributed by atoms with Gasteiger partial charge in [0, 0.05) is 28.5 Å². The van der Waals surface area contributed by atoms with E-state index in [0.717, 1.165) is 45.7 Å². The molecule has 0 aliphatic heterocycles. The molecule has 3 atom stereocenters. The van der Waals surface area contributed by atoms with Gasteiger partial charge in [-0.05, 0) is 65.1 Å². The molecule has 8 rings (SSSR count). The highest BCUT2D eigenvalue weighted by atomic mass is 15.0. The first-order valence-electron chi connectivity index (χ1n) is 16.9. The Hall–Kier alpha value is -5.97. The molecular formula is C45H38N4. The molecule has 1 aliphatic carbocycles. The largest absolute Gasteiger partial charge is 0.371 e. The molecule has 4 heteroatoms. The number of aromatic nitrogens is 1. The minimum Gasteiger partial charge on any atom is -0.371 e. The van der Waals surface area contributed by atoms with Crippen LogP contribution in [-0.2, 0) is 5.54 Å². The molecule has 3 N–H and O–H groups in total. The highest BCUT2D eigenvalue weighted by molar-refractivity contribution is 5.93. The van der Waals surface area contributed by atoms with E-state index >= 15 is 0 Å². The number of aliphatic imine (C=N–C) groups is 1. The Labute approximate surface area is 287 Å². The monoisotopic (exact) mass is 634 g/mol. The summed E-state index contributed by atoms with van der Waals surface area (Å²) in [5.74, 6) is 0. The molecule has 0 amide bonds. The lowest BCUT2D eigenvalue weighted by atomic mass is 9.75. The summed E-state index contributed by atoms with van der Waals surface area (Å²) in [5, 5.41) is 5.24. The fourth-order valence-electron chi connectivity index (χ4n) is 7.33. The van der Waals surface area contributed by atoms with Crippen molar-refractivity contribution in [1.82, 2.24) is 4.57 Å². The lowest BCUT2D eigenvalue weighted by Crippen LogP contribution is -2.38. The highest BCUT2D eigenvalue weighted by Gasteiger charge is 2.40. The van der Waals surface area contributed by atoms with Crippen molar-refractivity contribution in [3.8, 4) is 5.69 Å². The number of hydrogen-bond acceptors (Lipinski definition) is 3. The Morgan fingerprint density at radius 1 is 0.673 bits per heavy atom. The van der Waals surface area contributed by atoms with E-state index in [4.69, 9.17) is 10.7 Å². The summed E-state index contributed by atoms with van der Waals surface area (Å²) >= 11 is 0. The van der Waals surface area contributed by atoms with Gasteiger partial charge in [-0.3, -0.25) is 4.99 Å². The third-order valence-electron chi connectivity index (χ3n) is 9.61. The molecule has 1 aromatic heterocycles. The number of para-hydroxylation sites is 2. The molecule has 0 saturated heterocycles. The highest BCUT2D eigenvalue weighted by Crippen LogP contribution is 2.47. The van der Waals surface area contributed by atoms with Crippen LogP contribution in [0.1, 0.15) is 52.0 Å². The zero-order valence-electron chi connectivity index (χ0n) is 27.2. The van der Waals surface area contributed by atoms with Crippen LogP contribution in [0.4, 0.5) is 5.69 Å². The smallest absolute Gasteiger partial charge is 0.0942 e. The summed E-state index contributed by atoms with van der Waals surface area (Å²) < 4.78 is 2.40. The van der Waals surface area contributed by atoms with Crippen LogP contribution in [0.25, 0.3) is 22.7 Å². The van der Waals surface area contributed by atoms with Crippen LogP contribution in [0, 0.1) is 0 Å². The molecule has 0 bridgehead atoms. The Bertz CT molecular complexity index is 2240. The summed E-state index contributed by atoms with van der Waals surface area (Å²) in [7, 11) is 0. The number of anilines is 1. The van der Waals surface area contributed by atoms with Gasteiger partial charge in [-0.25, -0.2) is 0 Å². The van der Waals surface area contributed by atoms with Crippen LogP contribution in [0.5, 0.6) is 0 Å². The van der Waals surface area contributed by atoms with E-state index in [2.05, 4.69) is 155 Å². The zero-order valence-corrected chi connectivity index (χ0v) is 27.2. The lowest BCUT2D eigenvalue weighted by molar-refractivity contribution is 0.578. The molecule has 7 aromatic rings. The van der Waals surface area contributed by atoms with Crippen LogP contribution < -0.4 is 11.1 Å². The van der Waals surface area contributed by atoms with Crippen molar-refractivity contribution < 1.29 is 0 Å². The summed E-state index contributed by atoms with van der Waals surface area (Å²) in [4.78, 5) is 5.14. The van der Waals surface area contributed by atoms with Crippen LogP contribution >= 0.6 is 0 Å². The minimum absolute atomic E-state index is 0.293. The second-order valence-corrected chi connectivity index (χ2v) is 12.6. The number of benzene rings is 6. The van der Waals surface area contributed by atoms with Crippen molar-refractivity contribution in [3.63, 3.8) is 0 Å². The average molecular weight is 635 g/mol. The zero-order chi connectivity index (χ0) is 33.0. The van der Waals surface area contributed by atoms with Crippen molar-refractivity contribution in [3.05, 3.63) is 209 Å². The normalized spacial score (nSPS) is 16.8. The van der Waals surface area contributed by atoms with E-state index in [9.17, 15) is 0 Å². The van der Waals surface area contributed by atoms with Crippen molar-refractivity contribution in [2.24, 2.45) is 10.7 Å². The van der Waals surface area contributed by atoms with E-state index in [1.165, 1.54) is 16.5 Å². The summed E-state index contributed by atoms with van der Waals surface area (Å²) in [6.07, 6.45) is 7.35. The number of rotatable bonds is 9. The van der Waals surface area contributed by atoms with Gasteiger partial charge in [0.1, 0.15) is 0 Å². The van der Waals surface area contributed by atoms with Crippen LogP contribution in [-0.4, -0.2) is 10.8 Å². The first kappa shape index (κ1) is 30.4. The second kappa shape index (κ2) is 13.3. The molecule has 1 heterocycles. The lowest BCUT2D eigenvalue weighted by Gasteiger charge is -2.38. The molecule has 0 saturated carbocycles. The molecule has 49 heavy (non-hydrogen) atoms. The number of nitrogens with two attached hydrogens (primary N) is 1. The van der Waals surface area contributed by atoms with Crippen molar-refractivity contribution in [1.29, 1.82) is 0 Å². The SMILES string of the molecule is NC(c1ccccc1)[C@H](N=Cc1ccccc1)c1cccc(-n2c3c(c4ccccc42)C(Nc2ccccc2)(c2ccccc2)CC=C3)c1. The van der Waals surface area contributed by atoms with Crippen molar-refractivity contribution in [2.75, 3.05) is 5.32 Å². The average Bonchev–Trinajstić information content (AvgIpc) is 3.52. The van der Waals surface area contributed by atoms with E-state index in [1.807, 2.05) is 42.6 Å². The molecule has 4 nitrogen and oxygen atoms in total. The molecule has 0 spiro atoms. The third-order valence-corrected chi connectivity index (χ3v) is 9.61. The van der Waals surface area contributed by atoms with Gasteiger partial charge >= 0.3 is 0 Å². The van der Waals surface area contributed by atoms with Gasteiger partial charge in [0.25, 0.3) is 0 Å². The Kier molecular flexibility index (Phi) is 8.22. The third kappa shape index (κ3) is 5.77. The van der Waals surface area contributed by atoms with Crippen molar-refractivity contribution >= 4 is 28.9 Å². The van der Waals surface area contributed by atoms with E-state index < -0.39 is 5.54 Å². The summed E-state index contributed by atoms with van der Waals surface area (Å²) in [5.41, 5.74) is 16.7. The molecule has 2 unspecified atom stereocenters. The molecule has 0 radical (unpaired) electrons. The fourth-order valence-corrected chi connectivity index (χ4v) is 7.33. The van der Waals surface area contributed by atoms with E-state index in [0.29, 0.717) is 0 Å². The topological polar surface area (TPSA) is 55.3 Å². The van der Waals surface area contributed by atoms with Gasteiger partial charge in [-0.15, -0.1) is 0 Å². The molecule has 0 fully saturated rings. The van der Waals surface area contributed by atoms with Gasteiger partial charge < -0.3 is 15.6 Å². The maximum Gasteiger partial charge on any atom is 0.0942 e. The van der Waals surface area contributed by atoms with Crippen molar-refractivity contribution in [2.45, 2.75) is 24.0 Å². The van der Waals surface area contributed by atoms with Gasteiger partial charge in [0.2, 0.25) is 0 Å². The summed E-state index contributed by atoms with van der Waals surface area (Å²) in [6, 6.07) is 58.8. The Balaban J connectivity index is 1.31. The second-order valence-electron chi connectivity index (χ2n) is 12.6. The quantitative estimate of drug-likeness (QED) is 0.155. The number of hydrogen-bond donors (Lipinski definition) is 2. The molecule has 238 valence electrons. The van der Waals surface area contributed by atoms with E-state index in [-0.39, 0.29) is 12.1 Å². The first-order valence-corrected chi connectivity index (χ1v) is 16.9. The number of fused-ring (bicyclic) bond motifs is 3.